The highest BCUT2D eigenvalue weighted by Gasteiger charge is 2.47. The van der Waals surface area contributed by atoms with Gasteiger partial charge in [-0.05, 0) is 66.8 Å². The van der Waals surface area contributed by atoms with Crippen LogP contribution in [0, 0.1) is 0 Å². The molecule has 1 aromatic heterocycles. The molecule has 1 amide bonds. The predicted molar refractivity (Wildman–Crippen MR) is 90.3 cm³/mol. The van der Waals surface area contributed by atoms with Crippen LogP contribution in [0.5, 0.6) is 0 Å². The molecule has 2 fully saturated rings. The number of hydrogen-bond donors (Lipinski definition) is 0. The summed E-state index contributed by atoms with van der Waals surface area (Å²) in [5.74, 6) is 0.278. The summed E-state index contributed by atoms with van der Waals surface area (Å²) in [6, 6.07) is 5.84. The first kappa shape index (κ1) is 15.6. The summed E-state index contributed by atoms with van der Waals surface area (Å²) in [7, 11) is 1.92. The molecule has 0 spiro atoms. The molecule has 1 saturated carbocycles. The first-order valence-electron chi connectivity index (χ1n) is 8.91. The van der Waals surface area contributed by atoms with Crippen LogP contribution in [0.15, 0.2) is 22.8 Å². The third-order valence-electron chi connectivity index (χ3n) is 5.62. The van der Waals surface area contributed by atoms with E-state index < -0.39 is 0 Å². The Hall–Kier alpha value is -1.95. The number of nitrogens with zero attached hydrogens (tertiary/aromatic N) is 4. The van der Waals surface area contributed by atoms with Gasteiger partial charge in [-0.25, -0.2) is 4.63 Å². The van der Waals surface area contributed by atoms with Crippen molar-refractivity contribution < 1.29 is 9.42 Å². The lowest BCUT2D eigenvalue weighted by Crippen LogP contribution is -2.56. The smallest absolute Gasteiger partial charge is 0.243 e. The Kier molecular flexibility index (Phi) is 4.00. The van der Waals surface area contributed by atoms with Crippen molar-refractivity contribution in [3.05, 3.63) is 23.8 Å². The largest absolute Gasteiger partial charge is 0.340 e. The van der Waals surface area contributed by atoms with Gasteiger partial charge in [-0.2, -0.15) is 0 Å². The maximum atomic E-state index is 13.3. The zero-order valence-electron chi connectivity index (χ0n) is 14.2. The van der Waals surface area contributed by atoms with Gasteiger partial charge in [0.25, 0.3) is 0 Å². The number of hydrogen-bond acceptors (Lipinski definition) is 5. The fraction of sp³-hybridized carbons (Fsp3) is 0.611. The average molecular weight is 328 g/mol. The summed E-state index contributed by atoms with van der Waals surface area (Å²) >= 11 is 0. The molecule has 2 aromatic rings. The van der Waals surface area contributed by atoms with Crippen molar-refractivity contribution >= 4 is 16.9 Å². The highest BCUT2D eigenvalue weighted by atomic mass is 16.6. The van der Waals surface area contributed by atoms with Gasteiger partial charge in [0, 0.05) is 13.6 Å². The summed E-state index contributed by atoms with van der Waals surface area (Å²) < 4.78 is 4.75. The van der Waals surface area contributed by atoms with Crippen LogP contribution in [-0.2, 0) is 11.3 Å². The molecule has 2 heterocycles. The number of aromatic nitrogens is 2. The Labute approximate surface area is 141 Å². The van der Waals surface area contributed by atoms with E-state index in [0.717, 1.165) is 55.4 Å². The first-order valence-corrected chi connectivity index (χ1v) is 8.91. The Morgan fingerprint density at radius 3 is 2.62 bits per heavy atom. The van der Waals surface area contributed by atoms with Gasteiger partial charge < -0.3 is 4.90 Å². The van der Waals surface area contributed by atoms with Gasteiger partial charge in [0.15, 0.2) is 0 Å². The molecule has 0 atom stereocenters. The molecule has 0 bridgehead atoms. The second-order valence-electron chi connectivity index (χ2n) is 7.18. The van der Waals surface area contributed by atoms with E-state index >= 15 is 0 Å². The van der Waals surface area contributed by atoms with Crippen molar-refractivity contribution in [1.82, 2.24) is 20.1 Å². The van der Waals surface area contributed by atoms with Crippen molar-refractivity contribution in [3.8, 4) is 0 Å². The Balaban J connectivity index is 1.53. The van der Waals surface area contributed by atoms with Crippen LogP contribution >= 0.6 is 0 Å². The lowest BCUT2D eigenvalue weighted by Gasteiger charge is -2.40. The number of rotatable bonds is 4. The van der Waals surface area contributed by atoms with Gasteiger partial charge in [-0.15, -0.1) is 0 Å². The third kappa shape index (κ3) is 2.59. The Bertz CT molecular complexity index is 729. The minimum atomic E-state index is -0.259. The monoisotopic (exact) mass is 328 g/mol. The molecule has 6 heteroatoms. The number of carbonyl (C=O) groups is 1. The van der Waals surface area contributed by atoms with Crippen molar-refractivity contribution in [1.29, 1.82) is 0 Å². The van der Waals surface area contributed by atoms with Gasteiger partial charge in [0.05, 0.1) is 0 Å². The van der Waals surface area contributed by atoms with E-state index in [-0.39, 0.29) is 11.4 Å². The van der Waals surface area contributed by atoms with E-state index in [1.54, 1.807) is 0 Å². The fourth-order valence-electron chi connectivity index (χ4n) is 4.40. The summed E-state index contributed by atoms with van der Waals surface area (Å²) in [5, 5.41) is 7.71. The van der Waals surface area contributed by atoms with E-state index in [1.165, 1.54) is 12.8 Å². The van der Waals surface area contributed by atoms with E-state index in [9.17, 15) is 4.79 Å². The van der Waals surface area contributed by atoms with Crippen LogP contribution in [0.25, 0.3) is 11.0 Å². The molecule has 2 aliphatic rings. The SMILES string of the molecule is CN(Cc1ccc2nonc2c1)C(=O)C1(N2CCCC2)CCCC1. The lowest BCUT2D eigenvalue weighted by molar-refractivity contribution is -0.143. The number of likely N-dealkylation sites (tertiary alicyclic amines) is 1. The highest BCUT2D eigenvalue weighted by molar-refractivity contribution is 5.86. The molecule has 6 nitrogen and oxygen atoms in total. The van der Waals surface area contributed by atoms with E-state index in [2.05, 4.69) is 15.2 Å². The minimum absolute atomic E-state index is 0.259. The molecule has 0 radical (unpaired) electrons. The molecule has 128 valence electrons. The van der Waals surface area contributed by atoms with Crippen LogP contribution in [0.3, 0.4) is 0 Å². The minimum Gasteiger partial charge on any atom is -0.340 e. The van der Waals surface area contributed by atoms with E-state index in [0.29, 0.717) is 6.54 Å². The second kappa shape index (κ2) is 6.16. The number of fused-ring (bicyclic) bond motifs is 1. The number of benzene rings is 1. The van der Waals surface area contributed by atoms with Gasteiger partial charge in [0.2, 0.25) is 5.91 Å². The molecule has 1 aromatic carbocycles. The van der Waals surface area contributed by atoms with Crippen molar-refractivity contribution in [2.45, 2.75) is 50.6 Å². The zero-order chi connectivity index (χ0) is 16.6. The van der Waals surface area contributed by atoms with Gasteiger partial charge >= 0.3 is 0 Å². The maximum absolute atomic E-state index is 13.3. The second-order valence-corrected chi connectivity index (χ2v) is 7.18. The van der Waals surface area contributed by atoms with Crippen LogP contribution in [-0.4, -0.2) is 51.7 Å². The normalized spacial score (nSPS) is 20.7. The van der Waals surface area contributed by atoms with Gasteiger partial charge in [-0.3, -0.25) is 9.69 Å². The standard InChI is InChI=1S/C18H24N4O2/c1-21(13-14-6-7-15-16(12-14)20-24-19-15)17(23)18(8-2-3-9-18)22-10-4-5-11-22/h6-7,12H,2-5,8-11,13H2,1H3. The summed E-state index contributed by atoms with van der Waals surface area (Å²) in [5.41, 5.74) is 2.29. The molecule has 0 N–H and O–H groups in total. The first-order chi connectivity index (χ1) is 11.7. The maximum Gasteiger partial charge on any atom is 0.243 e. The van der Waals surface area contributed by atoms with Gasteiger partial charge in [-0.1, -0.05) is 18.9 Å². The fourth-order valence-corrected chi connectivity index (χ4v) is 4.40. The molecule has 4 rings (SSSR count). The number of amides is 1. The van der Waals surface area contributed by atoms with Crippen molar-refractivity contribution in [3.63, 3.8) is 0 Å². The predicted octanol–water partition coefficient (Wildman–Crippen LogP) is 2.59. The summed E-state index contributed by atoms with van der Waals surface area (Å²) in [6.07, 6.45) is 6.76. The Morgan fingerprint density at radius 1 is 1.17 bits per heavy atom. The zero-order valence-corrected chi connectivity index (χ0v) is 14.2. The molecule has 24 heavy (non-hydrogen) atoms. The molecule has 1 aliphatic carbocycles. The number of likely N-dealkylation sites (N-methyl/N-ethyl adjacent to an activating group) is 1. The van der Waals surface area contributed by atoms with Crippen LogP contribution in [0.1, 0.15) is 44.1 Å². The third-order valence-corrected chi connectivity index (χ3v) is 5.62. The van der Waals surface area contributed by atoms with Crippen molar-refractivity contribution in [2.75, 3.05) is 20.1 Å². The van der Waals surface area contributed by atoms with Crippen LogP contribution in [0.4, 0.5) is 0 Å². The van der Waals surface area contributed by atoms with Crippen LogP contribution in [0.2, 0.25) is 0 Å². The number of carbonyl (C=O) groups excluding carboxylic acids is 1. The molecular weight excluding hydrogens is 304 g/mol. The highest BCUT2D eigenvalue weighted by Crippen LogP contribution is 2.39. The molecular formula is C18H24N4O2. The quantitative estimate of drug-likeness (QED) is 0.863. The summed E-state index contributed by atoms with van der Waals surface area (Å²) in [6.45, 7) is 2.73. The van der Waals surface area contributed by atoms with Crippen molar-refractivity contribution in [2.24, 2.45) is 0 Å². The molecule has 1 aliphatic heterocycles. The average Bonchev–Trinajstić information content (AvgIpc) is 3.33. The topological polar surface area (TPSA) is 62.5 Å². The van der Waals surface area contributed by atoms with E-state index in [1.807, 2.05) is 30.1 Å². The van der Waals surface area contributed by atoms with E-state index in [4.69, 9.17) is 4.63 Å². The van der Waals surface area contributed by atoms with Crippen LogP contribution < -0.4 is 0 Å². The molecule has 1 saturated heterocycles. The molecule has 0 unspecified atom stereocenters. The van der Waals surface area contributed by atoms with Gasteiger partial charge in [0.1, 0.15) is 16.6 Å². The summed E-state index contributed by atoms with van der Waals surface area (Å²) in [4.78, 5) is 17.6. The lowest BCUT2D eigenvalue weighted by atomic mass is 9.93. The Morgan fingerprint density at radius 2 is 1.88 bits per heavy atom.